The summed E-state index contributed by atoms with van der Waals surface area (Å²) >= 11 is 6.22. The molecule has 0 aromatic heterocycles. The number of anilines is 2. The van der Waals surface area contributed by atoms with Gasteiger partial charge in [0.25, 0.3) is 0 Å². The van der Waals surface area contributed by atoms with Crippen LogP contribution in [0, 0.1) is 11.7 Å². The molecule has 0 radical (unpaired) electrons. The highest BCUT2D eigenvalue weighted by Crippen LogP contribution is 2.36. The Morgan fingerprint density at radius 2 is 1.88 bits per heavy atom. The number of ether oxygens (including phenoxy) is 2. The second-order valence-electron chi connectivity index (χ2n) is 7.71. The standard InChI is InChI=1S/C25H23ClFN3O4/c1-33-22-8-4-7-21(24(22)34-15-16-5-2-3-6-20(16)26)28-29-25(32)17-13-23(31)30(14-17)19-11-9-18(27)10-12-19/h2-12,17,28H,13-15H2,1H3,(H,29,32)/t17-/m0/s1. The van der Waals surface area contributed by atoms with Crippen LogP contribution >= 0.6 is 11.6 Å². The van der Waals surface area contributed by atoms with E-state index < -0.39 is 5.92 Å². The van der Waals surface area contributed by atoms with Crippen LogP contribution in [0.3, 0.4) is 0 Å². The van der Waals surface area contributed by atoms with Crippen molar-refractivity contribution in [3.8, 4) is 11.5 Å². The number of hydrogen-bond donors (Lipinski definition) is 2. The van der Waals surface area contributed by atoms with Crippen molar-refractivity contribution in [2.75, 3.05) is 24.0 Å². The number of methoxy groups -OCH3 is 1. The van der Waals surface area contributed by atoms with E-state index in [-0.39, 0.29) is 37.2 Å². The first-order valence-corrected chi connectivity index (χ1v) is 11.0. The Morgan fingerprint density at radius 1 is 1.12 bits per heavy atom. The second-order valence-corrected chi connectivity index (χ2v) is 8.12. The normalized spacial score (nSPS) is 15.2. The summed E-state index contributed by atoms with van der Waals surface area (Å²) in [6.45, 7) is 0.401. The lowest BCUT2D eigenvalue weighted by Crippen LogP contribution is -2.36. The van der Waals surface area contributed by atoms with Gasteiger partial charge in [0.05, 0.1) is 18.7 Å². The van der Waals surface area contributed by atoms with Crippen LogP contribution < -0.4 is 25.2 Å². The Morgan fingerprint density at radius 3 is 2.62 bits per heavy atom. The van der Waals surface area contributed by atoms with Crippen LogP contribution in [0.1, 0.15) is 12.0 Å². The number of para-hydroxylation sites is 1. The lowest BCUT2D eigenvalue weighted by Gasteiger charge is -2.19. The summed E-state index contributed by atoms with van der Waals surface area (Å²) in [6, 6.07) is 18.2. The SMILES string of the molecule is COc1cccc(NNC(=O)[C@H]2CC(=O)N(c3ccc(F)cc3)C2)c1OCc1ccccc1Cl. The molecule has 9 heteroatoms. The van der Waals surface area contributed by atoms with Gasteiger partial charge in [0.1, 0.15) is 12.4 Å². The maximum atomic E-state index is 13.2. The van der Waals surface area contributed by atoms with Gasteiger partial charge in [-0.25, -0.2) is 4.39 Å². The Labute approximate surface area is 201 Å². The van der Waals surface area contributed by atoms with Gasteiger partial charge in [-0.2, -0.15) is 0 Å². The highest BCUT2D eigenvalue weighted by atomic mass is 35.5. The molecule has 0 spiro atoms. The third kappa shape index (κ3) is 5.23. The van der Waals surface area contributed by atoms with Crippen molar-refractivity contribution in [1.82, 2.24) is 5.43 Å². The van der Waals surface area contributed by atoms with Gasteiger partial charge in [-0.15, -0.1) is 0 Å². The fourth-order valence-electron chi connectivity index (χ4n) is 3.67. The highest BCUT2D eigenvalue weighted by Gasteiger charge is 2.35. The van der Waals surface area contributed by atoms with Crippen LogP contribution in [0.5, 0.6) is 11.5 Å². The van der Waals surface area contributed by atoms with Crippen molar-refractivity contribution in [1.29, 1.82) is 0 Å². The Kier molecular flexibility index (Phi) is 7.18. The molecule has 4 rings (SSSR count). The number of rotatable bonds is 8. The first-order chi connectivity index (χ1) is 16.5. The highest BCUT2D eigenvalue weighted by molar-refractivity contribution is 6.31. The first-order valence-electron chi connectivity index (χ1n) is 10.6. The van der Waals surface area contributed by atoms with Gasteiger partial charge >= 0.3 is 0 Å². The number of carbonyl (C=O) groups is 2. The van der Waals surface area contributed by atoms with Gasteiger partial charge in [-0.1, -0.05) is 35.9 Å². The molecule has 0 unspecified atom stereocenters. The van der Waals surface area contributed by atoms with Crippen LogP contribution in [0.15, 0.2) is 66.7 Å². The molecule has 1 atom stereocenters. The van der Waals surface area contributed by atoms with Gasteiger partial charge in [-0.3, -0.25) is 20.4 Å². The fourth-order valence-corrected chi connectivity index (χ4v) is 3.86. The smallest absolute Gasteiger partial charge is 0.243 e. The lowest BCUT2D eigenvalue weighted by atomic mass is 10.1. The molecule has 3 aromatic carbocycles. The Bertz CT molecular complexity index is 1190. The van der Waals surface area contributed by atoms with Gasteiger partial charge in [-0.05, 0) is 42.5 Å². The fraction of sp³-hybridized carbons (Fsp3) is 0.200. The van der Waals surface area contributed by atoms with Crippen molar-refractivity contribution in [3.63, 3.8) is 0 Å². The number of amides is 2. The maximum Gasteiger partial charge on any atom is 0.243 e. The molecule has 0 bridgehead atoms. The zero-order chi connectivity index (χ0) is 24.1. The molecule has 1 saturated heterocycles. The summed E-state index contributed by atoms with van der Waals surface area (Å²) in [6.07, 6.45) is 0.0544. The summed E-state index contributed by atoms with van der Waals surface area (Å²) in [7, 11) is 1.52. The van der Waals surface area contributed by atoms with E-state index in [1.165, 1.54) is 36.3 Å². The third-order valence-corrected chi connectivity index (χ3v) is 5.85. The molecule has 1 fully saturated rings. The molecule has 0 aliphatic carbocycles. The molecule has 34 heavy (non-hydrogen) atoms. The van der Waals surface area contributed by atoms with Crippen LogP contribution in [0.4, 0.5) is 15.8 Å². The zero-order valence-electron chi connectivity index (χ0n) is 18.4. The quantitative estimate of drug-likeness (QED) is 0.459. The molecule has 0 saturated carbocycles. The van der Waals surface area contributed by atoms with E-state index >= 15 is 0 Å². The predicted molar refractivity (Wildman–Crippen MR) is 127 cm³/mol. The third-order valence-electron chi connectivity index (χ3n) is 5.48. The minimum Gasteiger partial charge on any atom is -0.493 e. The van der Waals surface area contributed by atoms with Crippen LogP contribution in [-0.2, 0) is 16.2 Å². The van der Waals surface area contributed by atoms with Crippen molar-refractivity contribution >= 4 is 34.8 Å². The van der Waals surface area contributed by atoms with Crippen LogP contribution in [0.25, 0.3) is 0 Å². The van der Waals surface area contributed by atoms with E-state index in [9.17, 15) is 14.0 Å². The summed E-state index contributed by atoms with van der Waals surface area (Å²) in [5, 5.41) is 0.580. The van der Waals surface area contributed by atoms with Gasteiger partial charge in [0.2, 0.25) is 11.8 Å². The number of halogens is 2. The van der Waals surface area contributed by atoms with E-state index in [2.05, 4.69) is 10.9 Å². The molecule has 1 aliphatic heterocycles. The monoisotopic (exact) mass is 483 g/mol. The number of carbonyl (C=O) groups excluding carboxylic acids is 2. The summed E-state index contributed by atoms with van der Waals surface area (Å²) in [4.78, 5) is 26.7. The molecule has 2 N–H and O–H groups in total. The predicted octanol–water partition coefficient (Wildman–Crippen LogP) is 4.56. The molecule has 176 valence electrons. The van der Waals surface area contributed by atoms with Crippen LogP contribution in [0.2, 0.25) is 5.02 Å². The van der Waals surface area contributed by atoms with Crippen molar-refractivity contribution in [2.45, 2.75) is 13.0 Å². The summed E-state index contributed by atoms with van der Waals surface area (Å²) in [5.41, 5.74) is 7.37. The van der Waals surface area contributed by atoms with Crippen LogP contribution in [-0.4, -0.2) is 25.5 Å². The largest absolute Gasteiger partial charge is 0.493 e. The number of nitrogens with one attached hydrogen (secondary N) is 2. The molecule has 2 amide bonds. The minimum absolute atomic E-state index is 0.0544. The van der Waals surface area contributed by atoms with Crippen molar-refractivity contribution in [3.05, 3.63) is 83.1 Å². The van der Waals surface area contributed by atoms with Crippen molar-refractivity contribution in [2.24, 2.45) is 5.92 Å². The summed E-state index contributed by atoms with van der Waals surface area (Å²) in [5.74, 6) is -0.622. The lowest BCUT2D eigenvalue weighted by molar-refractivity contribution is -0.125. The van der Waals surface area contributed by atoms with E-state index in [4.69, 9.17) is 21.1 Å². The minimum atomic E-state index is -0.567. The van der Waals surface area contributed by atoms with Gasteiger partial charge in [0, 0.05) is 29.2 Å². The average Bonchev–Trinajstić information content (AvgIpc) is 3.24. The van der Waals surface area contributed by atoms with Gasteiger partial charge in [0.15, 0.2) is 11.5 Å². The molecular weight excluding hydrogens is 461 g/mol. The van der Waals surface area contributed by atoms with Crippen molar-refractivity contribution < 1.29 is 23.5 Å². The molecular formula is C25H23ClFN3O4. The molecule has 7 nitrogen and oxygen atoms in total. The zero-order valence-corrected chi connectivity index (χ0v) is 19.1. The maximum absolute atomic E-state index is 13.2. The Hall–Kier alpha value is -3.78. The van der Waals surface area contributed by atoms with Gasteiger partial charge < -0.3 is 14.4 Å². The van der Waals surface area contributed by atoms with E-state index in [0.717, 1.165) is 5.56 Å². The number of hydrazine groups is 1. The topological polar surface area (TPSA) is 79.9 Å². The van der Waals surface area contributed by atoms with E-state index in [1.807, 2.05) is 18.2 Å². The summed E-state index contributed by atoms with van der Waals surface area (Å²) < 4.78 is 24.6. The first kappa shape index (κ1) is 23.4. The second kappa shape index (κ2) is 10.4. The number of hydrogen-bond acceptors (Lipinski definition) is 5. The number of nitrogens with zero attached hydrogens (tertiary/aromatic N) is 1. The van der Waals surface area contributed by atoms with E-state index in [1.54, 1.807) is 24.3 Å². The molecule has 1 heterocycles. The Balaban J connectivity index is 1.42. The number of benzene rings is 3. The average molecular weight is 484 g/mol. The van der Waals surface area contributed by atoms with E-state index in [0.29, 0.717) is 27.9 Å². The molecule has 3 aromatic rings. The molecule has 1 aliphatic rings.